The number of hydrogen-bond donors (Lipinski definition) is 0. The van der Waals surface area contributed by atoms with Gasteiger partial charge in [0.05, 0.1) is 0 Å². The molecule has 0 fully saturated rings. The van der Waals surface area contributed by atoms with Crippen LogP contribution < -0.4 is 0 Å². The number of hydrogen-bond acceptors (Lipinski definition) is 6. The Labute approximate surface area is 437 Å². The van der Waals surface area contributed by atoms with Crippen LogP contribution in [-0.4, -0.2) is 37.2 Å². The molecular weight excluding hydrogens is 877 g/mol. The van der Waals surface area contributed by atoms with E-state index in [4.69, 9.17) is 14.2 Å². The van der Waals surface area contributed by atoms with Crippen molar-refractivity contribution in [1.82, 2.24) is 0 Å². The van der Waals surface area contributed by atoms with E-state index in [0.717, 1.165) is 103 Å². The molecule has 0 radical (unpaired) electrons. The second-order valence-electron chi connectivity index (χ2n) is 18.8. The first kappa shape index (κ1) is 66.8. The van der Waals surface area contributed by atoms with Crippen LogP contribution in [0.2, 0.25) is 0 Å². The smallest absolute Gasteiger partial charge is 0.306 e. The van der Waals surface area contributed by atoms with E-state index in [1.165, 1.54) is 96.3 Å². The lowest BCUT2D eigenvalue weighted by molar-refractivity contribution is -0.167. The van der Waals surface area contributed by atoms with Gasteiger partial charge < -0.3 is 14.2 Å². The molecule has 1 unspecified atom stereocenters. The van der Waals surface area contributed by atoms with Crippen LogP contribution in [0.4, 0.5) is 0 Å². The van der Waals surface area contributed by atoms with Gasteiger partial charge in [-0.1, -0.05) is 226 Å². The maximum absolute atomic E-state index is 12.8. The fraction of sp³-hybridized carbons (Fsp3) is 0.646. The molecule has 0 aromatic heterocycles. The van der Waals surface area contributed by atoms with Gasteiger partial charge in [-0.15, -0.1) is 0 Å². The highest BCUT2D eigenvalue weighted by atomic mass is 16.6. The van der Waals surface area contributed by atoms with Gasteiger partial charge in [0.2, 0.25) is 0 Å². The highest BCUT2D eigenvalue weighted by molar-refractivity contribution is 5.71. The molecule has 6 nitrogen and oxygen atoms in total. The summed E-state index contributed by atoms with van der Waals surface area (Å²) in [6, 6.07) is 0. The van der Waals surface area contributed by atoms with Gasteiger partial charge in [-0.2, -0.15) is 0 Å². The third-order valence-corrected chi connectivity index (χ3v) is 11.9. The first-order valence-electron chi connectivity index (χ1n) is 29.0. The third kappa shape index (κ3) is 56.6. The van der Waals surface area contributed by atoms with Crippen LogP contribution in [0.25, 0.3) is 0 Å². The Morgan fingerprint density at radius 3 is 0.887 bits per heavy atom. The number of rotatable bonds is 51. The third-order valence-electron chi connectivity index (χ3n) is 11.9. The van der Waals surface area contributed by atoms with Crippen molar-refractivity contribution in [1.29, 1.82) is 0 Å². The second-order valence-corrected chi connectivity index (χ2v) is 18.8. The minimum atomic E-state index is -0.821. The molecule has 0 rings (SSSR count). The summed E-state index contributed by atoms with van der Waals surface area (Å²) in [6.07, 6.45) is 80.6. The van der Waals surface area contributed by atoms with Gasteiger partial charge in [-0.25, -0.2) is 0 Å². The molecule has 0 amide bonds. The lowest BCUT2D eigenvalue weighted by Gasteiger charge is -2.18. The first-order valence-corrected chi connectivity index (χ1v) is 29.0. The Balaban J connectivity index is 4.44. The molecule has 0 spiro atoms. The first-order chi connectivity index (χ1) is 35.0. The normalized spacial score (nSPS) is 13.0. The molecule has 0 aliphatic carbocycles. The average molecular weight is 984 g/mol. The van der Waals surface area contributed by atoms with Crippen LogP contribution in [-0.2, 0) is 28.6 Å². The zero-order chi connectivity index (χ0) is 51.4. The molecule has 71 heavy (non-hydrogen) atoms. The quantitative estimate of drug-likeness (QED) is 0.0261. The maximum atomic E-state index is 12.8. The van der Waals surface area contributed by atoms with Crippen molar-refractivity contribution in [2.45, 2.75) is 258 Å². The van der Waals surface area contributed by atoms with Crippen molar-refractivity contribution in [3.05, 3.63) is 122 Å². The Bertz CT molecular complexity index is 1500. The standard InChI is InChI=1S/C65H106O6/c1-4-7-10-13-16-19-22-25-28-29-30-31-32-33-34-35-38-40-43-46-49-52-55-58-64(67)70-61-62(71-65(68)59-56-53-50-47-44-41-37-27-24-21-18-15-12-9-6-3)60-69-63(66)57-54-51-48-45-42-39-36-26-23-20-17-14-11-8-5-2/h8-9,11-12,17-18,20-22,25-27,29-30,36-37,42,44-45,47,62H,4-7,10,13-16,19,23-24,28,31-35,38-41,43,46,48-61H2,1-3H3/b11-8-,12-9-,20-17-,21-18-,25-22-,30-29-,36-26-,37-27-,45-42-,47-44-. The summed E-state index contributed by atoms with van der Waals surface area (Å²) in [5, 5.41) is 0. The number of unbranched alkanes of at least 4 members (excludes halogenated alkanes) is 20. The molecule has 6 heteroatoms. The lowest BCUT2D eigenvalue weighted by atomic mass is 10.0. The van der Waals surface area contributed by atoms with E-state index in [0.29, 0.717) is 25.7 Å². The number of carbonyl (C=O) groups excluding carboxylic acids is 3. The Morgan fingerprint density at radius 2 is 0.549 bits per heavy atom. The van der Waals surface area contributed by atoms with Crippen molar-refractivity contribution in [2.24, 2.45) is 0 Å². The minimum absolute atomic E-state index is 0.112. The number of esters is 3. The van der Waals surface area contributed by atoms with E-state index < -0.39 is 6.10 Å². The molecule has 0 bridgehead atoms. The largest absolute Gasteiger partial charge is 0.462 e. The lowest BCUT2D eigenvalue weighted by Crippen LogP contribution is -2.30. The van der Waals surface area contributed by atoms with Gasteiger partial charge in [-0.05, 0) is 128 Å². The summed E-state index contributed by atoms with van der Waals surface area (Å²) in [5.41, 5.74) is 0. The Morgan fingerprint density at radius 1 is 0.296 bits per heavy atom. The van der Waals surface area contributed by atoms with Gasteiger partial charge >= 0.3 is 17.9 Å². The van der Waals surface area contributed by atoms with Gasteiger partial charge in [0.25, 0.3) is 0 Å². The predicted octanol–water partition coefficient (Wildman–Crippen LogP) is 19.6. The molecule has 0 aliphatic heterocycles. The van der Waals surface area contributed by atoms with E-state index >= 15 is 0 Å². The molecule has 0 N–H and O–H groups in total. The van der Waals surface area contributed by atoms with E-state index in [-0.39, 0.29) is 37.5 Å². The van der Waals surface area contributed by atoms with Crippen LogP contribution in [0.5, 0.6) is 0 Å². The van der Waals surface area contributed by atoms with Crippen molar-refractivity contribution in [3.8, 4) is 0 Å². The van der Waals surface area contributed by atoms with Crippen molar-refractivity contribution in [3.63, 3.8) is 0 Å². The molecule has 0 aromatic rings. The van der Waals surface area contributed by atoms with Gasteiger partial charge in [0.1, 0.15) is 13.2 Å². The summed E-state index contributed by atoms with van der Waals surface area (Å²) < 4.78 is 16.8. The summed E-state index contributed by atoms with van der Waals surface area (Å²) in [4.78, 5) is 38.1. The zero-order valence-corrected chi connectivity index (χ0v) is 45.9. The molecule has 0 heterocycles. The summed E-state index contributed by atoms with van der Waals surface area (Å²) in [5.74, 6) is -1.00. The van der Waals surface area contributed by atoms with Crippen LogP contribution in [0.1, 0.15) is 252 Å². The number of carbonyl (C=O) groups is 3. The zero-order valence-electron chi connectivity index (χ0n) is 45.9. The topological polar surface area (TPSA) is 78.9 Å². The van der Waals surface area contributed by atoms with Crippen molar-refractivity contribution >= 4 is 17.9 Å². The maximum Gasteiger partial charge on any atom is 0.306 e. The summed E-state index contributed by atoms with van der Waals surface area (Å²) in [7, 11) is 0. The monoisotopic (exact) mass is 983 g/mol. The Hall–Kier alpha value is -4.19. The van der Waals surface area contributed by atoms with E-state index in [9.17, 15) is 14.4 Å². The molecule has 0 aromatic carbocycles. The van der Waals surface area contributed by atoms with Crippen LogP contribution in [0.15, 0.2) is 122 Å². The predicted molar refractivity (Wildman–Crippen MR) is 306 cm³/mol. The molecule has 1 atom stereocenters. The molecule has 402 valence electrons. The van der Waals surface area contributed by atoms with E-state index in [2.05, 4.69) is 142 Å². The van der Waals surface area contributed by atoms with Gasteiger partial charge in [0.15, 0.2) is 6.10 Å². The molecule has 0 saturated carbocycles. The minimum Gasteiger partial charge on any atom is -0.462 e. The van der Waals surface area contributed by atoms with E-state index in [1.54, 1.807) is 0 Å². The second kappa shape index (κ2) is 58.4. The SMILES string of the molecule is CC/C=C\C/C=C\C/C=C\C/C=C\CCCCC(=O)OCC(COC(=O)CCCCCCCCCCCCC/C=C\C/C=C\CCCCCCC)OC(=O)CCCC/C=C\C/C=C\C/C=C\C/C=C\CC. The van der Waals surface area contributed by atoms with E-state index in [1.807, 2.05) is 0 Å². The van der Waals surface area contributed by atoms with Crippen LogP contribution in [0, 0.1) is 0 Å². The fourth-order valence-corrected chi connectivity index (χ4v) is 7.63. The van der Waals surface area contributed by atoms with Crippen molar-refractivity contribution in [2.75, 3.05) is 13.2 Å². The summed E-state index contributed by atoms with van der Waals surface area (Å²) >= 11 is 0. The van der Waals surface area contributed by atoms with Gasteiger partial charge in [-0.3, -0.25) is 14.4 Å². The molecule has 0 saturated heterocycles. The highest BCUT2D eigenvalue weighted by Gasteiger charge is 2.19. The molecule has 0 aliphatic rings. The van der Waals surface area contributed by atoms with Crippen molar-refractivity contribution < 1.29 is 28.6 Å². The van der Waals surface area contributed by atoms with Gasteiger partial charge in [0, 0.05) is 19.3 Å². The Kier molecular flexibility index (Phi) is 54.9. The van der Waals surface area contributed by atoms with Crippen LogP contribution >= 0.6 is 0 Å². The summed E-state index contributed by atoms with van der Waals surface area (Å²) in [6.45, 7) is 6.33. The number of allylic oxidation sites excluding steroid dienone is 20. The fourth-order valence-electron chi connectivity index (χ4n) is 7.63. The van der Waals surface area contributed by atoms with Crippen LogP contribution in [0.3, 0.4) is 0 Å². The average Bonchev–Trinajstić information content (AvgIpc) is 3.37. The number of ether oxygens (including phenoxy) is 3. The highest BCUT2D eigenvalue weighted by Crippen LogP contribution is 2.14. The molecular formula is C65H106O6.